The Morgan fingerprint density at radius 1 is 0.946 bits per heavy atom. The number of thiazole rings is 1. The van der Waals surface area contributed by atoms with Crippen LogP contribution in [0.15, 0.2) is 83.8 Å². The number of anilines is 2. The molecule has 0 radical (unpaired) electrons. The smallest absolute Gasteiger partial charge is 0.267 e. The van der Waals surface area contributed by atoms with Gasteiger partial charge in [0.2, 0.25) is 5.95 Å². The van der Waals surface area contributed by atoms with Gasteiger partial charge in [-0.3, -0.25) is 9.36 Å². The molecule has 0 aliphatic rings. The van der Waals surface area contributed by atoms with Gasteiger partial charge in [0.05, 0.1) is 43.4 Å². The Balaban J connectivity index is 1.50. The van der Waals surface area contributed by atoms with Crippen LogP contribution in [0.2, 0.25) is 5.02 Å². The van der Waals surface area contributed by atoms with Crippen LogP contribution in [0.5, 0.6) is 0 Å². The number of benzene rings is 3. The molecule has 6 aromatic rings. The first-order valence-corrected chi connectivity index (χ1v) is 12.7. The standard InChI is InChI=1S/C27H20ClN7OS/c1-15(31-23-17(14-30-27(29)34-23)25-33-19-11-5-6-13-21(19)37-25)24-32-20-12-7-10-18(28)22(20)26(36)35(24)16-8-3-2-4-9-16/h2-15H,1H3,(H3,29,30,31,34)/t15-/m0/s1. The summed E-state index contributed by atoms with van der Waals surface area (Å²) in [7, 11) is 0. The predicted molar refractivity (Wildman–Crippen MR) is 149 cm³/mol. The van der Waals surface area contributed by atoms with Crippen LogP contribution < -0.4 is 16.6 Å². The first kappa shape index (κ1) is 23.1. The molecule has 10 heteroatoms. The van der Waals surface area contributed by atoms with Crippen molar-refractivity contribution in [3.05, 3.63) is 100 Å². The van der Waals surface area contributed by atoms with E-state index in [1.807, 2.05) is 61.5 Å². The minimum Gasteiger partial charge on any atom is -0.368 e. The molecule has 3 aromatic carbocycles. The maximum Gasteiger partial charge on any atom is 0.267 e. The minimum absolute atomic E-state index is 0.123. The summed E-state index contributed by atoms with van der Waals surface area (Å²) in [6.07, 6.45) is 1.66. The van der Waals surface area contributed by atoms with Gasteiger partial charge in [-0.1, -0.05) is 48.0 Å². The average molecular weight is 526 g/mol. The van der Waals surface area contributed by atoms with Crippen molar-refractivity contribution in [3.8, 4) is 16.3 Å². The molecule has 0 fully saturated rings. The zero-order valence-corrected chi connectivity index (χ0v) is 21.2. The Morgan fingerprint density at radius 2 is 1.70 bits per heavy atom. The van der Waals surface area contributed by atoms with Crippen molar-refractivity contribution in [1.82, 2.24) is 24.5 Å². The van der Waals surface area contributed by atoms with Crippen molar-refractivity contribution in [2.45, 2.75) is 13.0 Å². The summed E-state index contributed by atoms with van der Waals surface area (Å²) in [5, 5.41) is 4.89. The Labute approximate surface area is 220 Å². The zero-order valence-electron chi connectivity index (χ0n) is 19.6. The molecule has 3 N–H and O–H groups in total. The number of fused-ring (bicyclic) bond motifs is 2. The summed E-state index contributed by atoms with van der Waals surface area (Å²) in [6.45, 7) is 1.91. The van der Waals surface area contributed by atoms with Crippen LogP contribution in [0.1, 0.15) is 18.8 Å². The van der Waals surface area contributed by atoms with E-state index in [-0.39, 0.29) is 11.5 Å². The lowest BCUT2D eigenvalue weighted by atomic mass is 10.2. The van der Waals surface area contributed by atoms with Gasteiger partial charge < -0.3 is 11.1 Å². The van der Waals surface area contributed by atoms with Crippen molar-refractivity contribution in [1.29, 1.82) is 0 Å². The van der Waals surface area contributed by atoms with Gasteiger partial charge in [-0.05, 0) is 43.3 Å². The van der Waals surface area contributed by atoms with Crippen molar-refractivity contribution in [2.75, 3.05) is 11.1 Å². The fourth-order valence-corrected chi connectivity index (χ4v) is 5.47. The Morgan fingerprint density at radius 3 is 2.51 bits per heavy atom. The molecule has 8 nitrogen and oxygen atoms in total. The largest absolute Gasteiger partial charge is 0.368 e. The van der Waals surface area contributed by atoms with E-state index in [9.17, 15) is 4.79 Å². The van der Waals surface area contributed by atoms with Crippen molar-refractivity contribution in [2.24, 2.45) is 0 Å². The lowest BCUT2D eigenvalue weighted by Crippen LogP contribution is -2.27. The molecule has 37 heavy (non-hydrogen) atoms. The zero-order chi connectivity index (χ0) is 25.5. The molecule has 3 heterocycles. The van der Waals surface area contributed by atoms with Crippen LogP contribution in [-0.4, -0.2) is 24.5 Å². The second-order valence-electron chi connectivity index (χ2n) is 8.42. The van der Waals surface area contributed by atoms with Crippen molar-refractivity contribution >= 4 is 55.8 Å². The van der Waals surface area contributed by atoms with Gasteiger partial charge in [-0.15, -0.1) is 11.3 Å². The highest BCUT2D eigenvalue weighted by Crippen LogP contribution is 2.35. The quantitative estimate of drug-likeness (QED) is 0.290. The molecule has 182 valence electrons. The SMILES string of the molecule is C[C@H](Nc1nc(N)ncc1-c1nc2ccccc2s1)c1nc2cccc(Cl)c2c(=O)n1-c1ccccc1. The molecule has 0 bridgehead atoms. The van der Waals surface area contributed by atoms with Crippen molar-refractivity contribution in [3.63, 3.8) is 0 Å². The molecular formula is C27H20ClN7OS. The van der Waals surface area contributed by atoms with Crippen LogP contribution >= 0.6 is 22.9 Å². The lowest BCUT2D eigenvalue weighted by Gasteiger charge is -2.21. The molecule has 0 spiro atoms. The van der Waals surface area contributed by atoms with Crippen molar-refractivity contribution < 1.29 is 0 Å². The number of hydrogen-bond acceptors (Lipinski definition) is 8. The Hall–Kier alpha value is -4.34. The number of halogens is 1. The van der Waals surface area contributed by atoms with E-state index in [1.54, 1.807) is 40.3 Å². The summed E-state index contributed by atoms with van der Waals surface area (Å²) >= 11 is 7.96. The summed E-state index contributed by atoms with van der Waals surface area (Å²) in [5.41, 5.74) is 8.51. The number of nitrogens with one attached hydrogen (secondary N) is 1. The maximum absolute atomic E-state index is 13.7. The van der Waals surface area contributed by atoms with E-state index in [1.165, 1.54) is 0 Å². The van der Waals surface area contributed by atoms with Gasteiger partial charge in [0, 0.05) is 6.20 Å². The number of nitrogens with zero attached hydrogens (tertiary/aromatic N) is 5. The monoisotopic (exact) mass is 525 g/mol. The third-order valence-electron chi connectivity index (χ3n) is 5.96. The normalized spacial score (nSPS) is 12.2. The number of nitrogens with two attached hydrogens (primary N) is 1. The summed E-state index contributed by atoms with van der Waals surface area (Å²) in [4.78, 5) is 32.0. The van der Waals surface area contributed by atoms with E-state index < -0.39 is 6.04 Å². The molecule has 0 aliphatic carbocycles. The second-order valence-corrected chi connectivity index (χ2v) is 9.86. The fourth-order valence-electron chi connectivity index (χ4n) is 4.24. The number of para-hydroxylation sites is 2. The van der Waals surface area contributed by atoms with Gasteiger partial charge in [0.1, 0.15) is 16.6 Å². The second kappa shape index (κ2) is 9.27. The molecule has 0 unspecified atom stereocenters. The molecule has 6 rings (SSSR count). The van der Waals surface area contributed by atoms with Crippen LogP contribution in [0, 0.1) is 0 Å². The molecule has 0 amide bonds. The third-order valence-corrected chi connectivity index (χ3v) is 7.34. The maximum atomic E-state index is 13.7. The molecule has 0 saturated heterocycles. The number of hydrogen-bond donors (Lipinski definition) is 2. The van der Waals surface area contributed by atoms with Gasteiger partial charge in [0.15, 0.2) is 0 Å². The fraction of sp³-hybridized carbons (Fsp3) is 0.0741. The summed E-state index contributed by atoms with van der Waals surface area (Å²) in [6, 6.07) is 22.1. The number of aromatic nitrogens is 5. The van der Waals surface area contributed by atoms with Crippen LogP contribution in [-0.2, 0) is 0 Å². The van der Waals surface area contributed by atoms with E-state index in [0.29, 0.717) is 38.8 Å². The molecule has 0 aliphatic heterocycles. The highest BCUT2D eigenvalue weighted by atomic mass is 35.5. The van der Waals surface area contributed by atoms with E-state index in [2.05, 4.69) is 15.3 Å². The van der Waals surface area contributed by atoms with Gasteiger partial charge >= 0.3 is 0 Å². The minimum atomic E-state index is -0.446. The molecule has 0 saturated carbocycles. The first-order chi connectivity index (χ1) is 18.0. The van der Waals surface area contributed by atoms with Crippen LogP contribution in [0.4, 0.5) is 11.8 Å². The first-order valence-electron chi connectivity index (χ1n) is 11.5. The molecule has 1 atom stereocenters. The summed E-state index contributed by atoms with van der Waals surface area (Å²) < 4.78 is 2.63. The van der Waals surface area contributed by atoms with E-state index >= 15 is 0 Å². The highest BCUT2D eigenvalue weighted by molar-refractivity contribution is 7.21. The summed E-state index contributed by atoms with van der Waals surface area (Å²) in [5.74, 6) is 1.12. The average Bonchev–Trinajstić information content (AvgIpc) is 3.33. The Kier molecular flexibility index (Phi) is 5.78. The van der Waals surface area contributed by atoms with Crippen LogP contribution in [0.3, 0.4) is 0 Å². The van der Waals surface area contributed by atoms with E-state index in [0.717, 1.165) is 15.2 Å². The number of rotatable bonds is 5. The lowest BCUT2D eigenvalue weighted by molar-refractivity contribution is 0.731. The predicted octanol–water partition coefficient (Wildman–Crippen LogP) is 5.86. The third kappa shape index (κ3) is 4.18. The van der Waals surface area contributed by atoms with Gasteiger partial charge in [0.25, 0.3) is 5.56 Å². The van der Waals surface area contributed by atoms with Crippen LogP contribution in [0.25, 0.3) is 37.4 Å². The number of nitrogen functional groups attached to an aromatic ring is 1. The Bertz CT molecular complexity index is 1800. The van der Waals surface area contributed by atoms with Gasteiger partial charge in [-0.25, -0.2) is 15.0 Å². The van der Waals surface area contributed by atoms with Gasteiger partial charge in [-0.2, -0.15) is 4.98 Å². The molecule has 3 aromatic heterocycles. The molecular weight excluding hydrogens is 506 g/mol. The topological polar surface area (TPSA) is 112 Å². The van der Waals surface area contributed by atoms with E-state index in [4.69, 9.17) is 27.3 Å². The highest BCUT2D eigenvalue weighted by Gasteiger charge is 2.22.